The minimum atomic E-state index is 0.283. The lowest BCUT2D eigenvalue weighted by molar-refractivity contribution is 0.174. The van der Waals surface area contributed by atoms with Crippen LogP contribution in [0.4, 0.5) is 0 Å². The lowest BCUT2D eigenvalue weighted by atomic mass is 10.1. The van der Waals surface area contributed by atoms with Crippen molar-refractivity contribution in [3.63, 3.8) is 0 Å². The van der Waals surface area contributed by atoms with Crippen LogP contribution < -0.4 is 9.47 Å². The van der Waals surface area contributed by atoms with Crippen molar-refractivity contribution >= 4 is 21.6 Å². The number of hydrogen-bond acceptors (Lipinski definition) is 3. The van der Waals surface area contributed by atoms with E-state index in [1.807, 2.05) is 47.0 Å². The Morgan fingerprint density at radius 3 is 2.89 bits per heavy atom. The molecular formula is C14H9BrN2O2. The number of imidazole rings is 1. The van der Waals surface area contributed by atoms with Gasteiger partial charge in [-0.05, 0) is 46.3 Å². The fourth-order valence-electron chi connectivity index (χ4n) is 2.19. The zero-order valence-corrected chi connectivity index (χ0v) is 11.4. The first-order chi connectivity index (χ1) is 9.33. The van der Waals surface area contributed by atoms with Crippen molar-refractivity contribution in [1.29, 1.82) is 0 Å². The number of hydrogen-bond donors (Lipinski definition) is 0. The van der Waals surface area contributed by atoms with Gasteiger partial charge in [-0.1, -0.05) is 6.07 Å². The van der Waals surface area contributed by atoms with E-state index in [1.165, 1.54) is 0 Å². The quantitative estimate of drug-likeness (QED) is 0.689. The Morgan fingerprint density at radius 1 is 1.11 bits per heavy atom. The molecule has 1 aliphatic heterocycles. The molecule has 4 rings (SSSR count). The molecular weight excluding hydrogens is 308 g/mol. The number of halogens is 1. The third-order valence-corrected chi connectivity index (χ3v) is 3.88. The predicted molar refractivity (Wildman–Crippen MR) is 74.5 cm³/mol. The number of benzene rings is 1. The van der Waals surface area contributed by atoms with E-state index in [9.17, 15) is 0 Å². The van der Waals surface area contributed by atoms with Crippen LogP contribution in [0.15, 0.2) is 47.2 Å². The van der Waals surface area contributed by atoms with Gasteiger partial charge in [-0.15, -0.1) is 0 Å². The second kappa shape index (κ2) is 3.99. The molecule has 0 saturated heterocycles. The Labute approximate surface area is 117 Å². The van der Waals surface area contributed by atoms with Crippen LogP contribution in [-0.4, -0.2) is 16.2 Å². The maximum absolute atomic E-state index is 5.40. The Bertz CT molecular complexity index is 782. The van der Waals surface area contributed by atoms with Crippen molar-refractivity contribution in [1.82, 2.24) is 9.38 Å². The average Bonchev–Trinajstić information content (AvgIpc) is 3.03. The van der Waals surface area contributed by atoms with Crippen LogP contribution in [0.5, 0.6) is 11.5 Å². The Kier molecular flexibility index (Phi) is 2.29. The van der Waals surface area contributed by atoms with E-state index in [1.54, 1.807) is 0 Å². The molecule has 0 aliphatic carbocycles. The maximum atomic E-state index is 5.40. The highest BCUT2D eigenvalue weighted by molar-refractivity contribution is 9.10. The molecule has 94 valence electrons. The normalized spacial score (nSPS) is 13.1. The van der Waals surface area contributed by atoms with Gasteiger partial charge in [0.1, 0.15) is 15.9 Å². The molecule has 19 heavy (non-hydrogen) atoms. The van der Waals surface area contributed by atoms with E-state index in [2.05, 4.69) is 20.9 Å². The summed E-state index contributed by atoms with van der Waals surface area (Å²) in [6, 6.07) is 11.8. The largest absolute Gasteiger partial charge is 0.454 e. The van der Waals surface area contributed by atoms with Crippen molar-refractivity contribution in [2.24, 2.45) is 0 Å². The fraction of sp³-hybridized carbons (Fsp3) is 0.0714. The number of nitrogens with zero attached hydrogens (tertiary/aromatic N) is 2. The van der Waals surface area contributed by atoms with Gasteiger partial charge in [0.2, 0.25) is 6.79 Å². The molecule has 4 nitrogen and oxygen atoms in total. The minimum absolute atomic E-state index is 0.283. The van der Waals surface area contributed by atoms with Gasteiger partial charge in [0, 0.05) is 11.8 Å². The summed E-state index contributed by atoms with van der Waals surface area (Å²) in [7, 11) is 0. The second-order valence-electron chi connectivity index (χ2n) is 4.25. The van der Waals surface area contributed by atoms with E-state index < -0.39 is 0 Å². The molecule has 0 unspecified atom stereocenters. The zero-order chi connectivity index (χ0) is 12.8. The highest BCUT2D eigenvalue weighted by Crippen LogP contribution is 2.37. The molecule has 0 fully saturated rings. The summed E-state index contributed by atoms with van der Waals surface area (Å²) in [6.07, 6.45) is 1.98. The van der Waals surface area contributed by atoms with Gasteiger partial charge in [-0.3, -0.25) is 4.40 Å². The molecule has 0 amide bonds. The lowest BCUT2D eigenvalue weighted by Crippen LogP contribution is -1.92. The summed E-state index contributed by atoms with van der Waals surface area (Å²) in [5.74, 6) is 1.55. The smallest absolute Gasteiger partial charge is 0.231 e. The molecule has 1 aromatic carbocycles. The number of fused-ring (bicyclic) bond motifs is 2. The summed E-state index contributed by atoms with van der Waals surface area (Å²) >= 11 is 3.60. The van der Waals surface area contributed by atoms with E-state index in [-0.39, 0.29) is 6.79 Å². The SMILES string of the molecule is Brc1c(-c2ccc3c(c2)OCO3)nc2ccccn12. The highest BCUT2D eigenvalue weighted by Gasteiger charge is 2.17. The third kappa shape index (κ3) is 1.62. The average molecular weight is 317 g/mol. The summed E-state index contributed by atoms with van der Waals surface area (Å²) < 4.78 is 13.7. The monoisotopic (exact) mass is 316 g/mol. The molecule has 0 saturated carbocycles. The fourth-order valence-corrected chi connectivity index (χ4v) is 2.81. The van der Waals surface area contributed by atoms with Crippen LogP contribution in [0.1, 0.15) is 0 Å². The van der Waals surface area contributed by atoms with Gasteiger partial charge in [0.15, 0.2) is 11.5 Å². The summed E-state index contributed by atoms with van der Waals surface area (Å²) in [5, 5.41) is 0. The number of ether oxygens (including phenoxy) is 2. The second-order valence-corrected chi connectivity index (χ2v) is 5.00. The molecule has 1 aliphatic rings. The highest BCUT2D eigenvalue weighted by atomic mass is 79.9. The van der Waals surface area contributed by atoms with Crippen molar-refractivity contribution in [3.8, 4) is 22.8 Å². The van der Waals surface area contributed by atoms with Crippen molar-refractivity contribution in [3.05, 3.63) is 47.2 Å². The van der Waals surface area contributed by atoms with Crippen LogP contribution in [0, 0.1) is 0 Å². The van der Waals surface area contributed by atoms with Crippen molar-refractivity contribution in [2.45, 2.75) is 0 Å². The van der Waals surface area contributed by atoms with Gasteiger partial charge in [-0.25, -0.2) is 4.98 Å². The molecule has 0 atom stereocenters. The first-order valence-corrected chi connectivity index (χ1v) is 6.65. The number of aromatic nitrogens is 2. The maximum Gasteiger partial charge on any atom is 0.231 e. The number of pyridine rings is 1. The lowest BCUT2D eigenvalue weighted by Gasteiger charge is -2.00. The first kappa shape index (κ1) is 10.9. The molecule has 0 bridgehead atoms. The predicted octanol–water partition coefficient (Wildman–Crippen LogP) is 3.49. The topological polar surface area (TPSA) is 35.8 Å². The molecule has 3 heterocycles. The van der Waals surface area contributed by atoms with Crippen molar-refractivity contribution in [2.75, 3.05) is 6.79 Å². The standard InChI is InChI=1S/C14H9BrN2O2/c15-14-13(16-12-3-1-2-6-17(12)14)9-4-5-10-11(7-9)19-8-18-10/h1-7H,8H2. The Morgan fingerprint density at radius 2 is 2.00 bits per heavy atom. The summed E-state index contributed by atoms with van der Waals surface area (Å²) in [6.45, 7) is 0.283. The molecule has 0 spiro atoms. The molecule has 3 aromatic rings. The Balaban J connectivity index is 1.92. The Hall–Kier alpha value is -2.01. The molecule has 2 aromatic heterocycles. The van der Waals surface area contributed by atoms with E-state index in [0.717, 1.165) is 33.0 Å². The van der Waals surface area contributed by atoms with E-state index in [4.69, 9.17) is 9.47 Å². The van der Waals surface area contributed by atoms with Crippen LogP contribution >= 0.6 is 15.9 Å². The minimum Gasteiger partial charge on any atom is -0.454 e. The van der Waals surface area contributed by atoms with Crippen LogP contribution in [0.25, 0.3) is 16.9 Å². The van der Waals surface area contributed by atoms with Crippen molar-refractivity contribution < 1.29 is 9.47 Å². The van der Waals surface area contributed by atoms with Crippen LogP contribution in [0.3, 0.4) is 0 Å². The van der Waals surface area contributed by atoms with E-state index in [0.29, 0.717) is 0 Å². The molecule has 0 radical (unpaired) electrons. The number of rotatable bonds is 1. The van der Waals surface area contributed by atoms with Gasteiger partial charge in [0.05, 0.1) is 0 Å². The third-order valence-electron chi connectivity index (χ3n) is 3.12. The zero-order valence-electron chi connectivity index (χ0n) is 9.84. The first-order valence-electron chi connectivity index (χ1n) is 5.85. The van der Waals surface area contributed by atoms with Gasteiger partial charge >= 0.3 is 0 Å². The van der Waals surface area contributed by atoms with E-state index >= 15 is 0 Å². The van der Waals surface area contributed by atoms with Gasteiger partial charge < -0.3 is 9.47 Å². The molecule has 5 heteroatoms. The summed E-state index contributed by atoms with van der Waals surface area (Å²) in [4.78, 5) is 4.63. The van der Waals surface area contributed by atoms with Crippen LogP contribution in [-0.2, 0) is 0 Å². The van der Waals surface area contributed by atoms with Crippen LogP contribution in [0.2, 0.25) is 0 Å². The van der Waals surface area contributed by atoms with Gasteiger partial charge in [0.25, 0.3) is 0 Å². The summed E-state index contributed by atoms with van der Waals surface area (Å²) in [5.41, 5.74) is 2.80. The van der Waals surface area contributed by atoms with Gasteiger partial charge in [-0.2, -0.15) is 0 Å². The molecule has 0 N–H and O–H groups in total.